The molecule has 1 atom stereocenters. The second-order valence-electron chi connectivity index (χ2n) is 6.23. The highest BCUT2D eigenvalue weighted by Crippen LogP contribution is 2.24. The molecule has 6 heteroatoms. The molecule has 0 saturated carbocycles. The number of benzene rings is 1. The van der Waals surface area contributed by atoms with E-state index in [0.717, 1.165) is 22.4 Å². The maximum atomic E-state index is 12.3. The Morgan fingerprint density at radius 3 is 2.58 bits per heavy atom. The third kappa shape index (κ3) is 4.50. The van der Waals surface area contributed by atoms with Gasteiger partial charge in [0.2, 0.25) is 0 Å². The fourth-order valence-electron chi connectivity index (χ4n) is 2.88. The zero-order valence-electron chi connectivity index (χ0n) is 15.0. The van der Waals surface area contributed by atoms with Gasteiger partial charge in [0, 0.05) is 38.6 Å². The van der Waals surface area contributed by atoms with E-state index in [2.05, 4.69) is 22.4 Å². The molecule has 0 aliphatic rings. The number of hydrogen-bond donors (Lipinski definition) is 1. The summed E-state index contributed by atoms with van der Waals surface area (Å²) in [4.78, 5) is 18.0. The predicted octanol–water partition coefficient (Wildman–Crippen LogP) is 2.74. The maximum absolute atomic E-state index is 12.3. The lowest BCUT2D eigenvalue weighted by molar-refractivity contribution is 0.202. The molecule has 0 aliphatic heterocycles. The molecule has 1 aromatic heterocycles. The van der Waals surface area contributed by atoms with Gasteiger partial charge in [-0.25, -0.2) is 9.78 Å². The van der Waals surface area contributed by atoms with Gasteiger partial charge in [0.25, 0.3) is 0 Å². The number of nitrogens with zero attached hydrogens (tertiary/aromatic N) is 3. The molecule has 0 saturated heterocycles. The van der Waals surface area contributed by atoms with Crippen LogP contribution in [0.1, 0.15) is 23.6 Å². The van der Waals surface area contributed by atoms with Gasteiger partial charge in [0.1, 0.15) is 5.75 Å². The van der Waals surface area contributed by atoms with E-state index in [-0.39, 0.29) is 12.1 Å². The molecule has 1 heterocycles. The summed E-state index contributed by atoms with van der Waals surface area (Å²) in [7, 11) is 3.48. The number of aryl methyl sites for hydroxylation is 2. The minimum atomic E-state index is -0.0891. The van der Waals surface area contributed by atoms with E-state index in [1.165, 1.54) is 0 Å². The number of urea groups is 1. The van der Waals surface area contributed by atoms with Crippen molar-refractivity contribution in [3.8, 4) is 5.75 Å². The van der Waals surface area contributed by atoms with Crippen LogP contribution in [0.5, 0.6) is 5.75 Å². The summed E-state index contributed by atoms with van der Waals surface area (Å²) in [6.45, 7) is 7.26. The molecule has 24 heavy (non-hydrogen) atoms. The van der Waals surface area contributed by atoms with Crippen LogP contribution in [0.25, 0.3) is 0 Å². The van der Waals surface area contributed by atoms with Gasteiger partial charge in [-0.05, 0) is 37.5 Å². The van der Waals surface area contributed by atoms with Crippen LogP contribution in [-0.2, 0) is 13.1 Å². The van der Waals surface area contributed by atoms with Crippen molar-refractivity contribution in [2.75, 3.05) is 14.2 Å². The fraction of sp³-hybridized carbons (Fsp3) is 0.444. The molecule has 0 fully saturated rings. The van der Waals surface area contributed by atoms with Crippen molar-refractivity contribution in [2.24, 2.45) is 0 Å². The lowest BCUT2D eigenvalue weighted by Gasteiger charge is -2.22. The first-order valence-corrected chi connectivity index (χ1v) is 8.02. The van der Waals surface area contributed by atoms with E-state index >= 15 is 0 Å². The van der Waals surface area contributed by atoms with Crippen LogP contribution >= 0.6 is 0 Å². The fourth-order valence-corrected chi connectivity index (χ4v) is 2.88. The van der Waals surface area contributed by atoms with Crippen LogP contribution in [-0.4, -0.2) is 40.7 Å². The van der Waals surface area contributed by atoms with E-state index in [1.54, 1.807) is 31.6 Å². The molecule has 2 amide bonds. The van der Waals surface area contributed by atoms with Crippen molar-refractivity contribution in [3.05, 3.63) is 47.5 Å². The molecule has 2 aromatic rings. The lowest BCUT2D eigenvalue weighted by atomic mass is 10.1. The first-order valence-electron chi connectivity index (χ1n) is 8.02. The molecule has 6 nitrogen and oxygen atoms in total. The third-order valence-electron chi connectivity index (χ3n) is 3.90. The largest absolute Gasteiger partial charge is 0.496 e. The zero-order chi connectivity index (χ0) is 17.7. The summed E-state index contributed by atoms with van der Waals surface area (Å²) in [6.07, 6.45) is 5.36. The van der Waals surface area contributed by atoms with Crippen LogP contribution in [0.4, 0.5) is 4.79 Å². The van der Waals surface area contributed by atoms with Gasteiger partial charge in [-0.2, -0.15) is 0 Å². The van der Waals surface area contributed by atoms with Crippen molar-refractivity contribution in [3.63, 3.8) is 0 Å². The SMILES string of the molecule is COc1c(C)cc(CN(C)C(=O)N[C@@H](C)Cn2ccnc2)cc1C. The number of ether oxygens (including phenoxy) is 1. The van der Waals surface area contributed by atoms with Crippen molar-refractivity contribution < 1.29 is 9.53 Å². The second-order valence-corrected chi connectivity index (χ2v) is 6.23. The van der Waals surface area contributed by atoms with Gasteiger partial charge in [-0.1, -0.05) is 12.1 Å². The van der Waals surface area contributed by atoms with Gasteiger partial charge in [-0.15, -0.1) is 0 Å². The standard InChI is InChI=1S/C18H26N4O2/c1-13-8-16(9-14(2)17(13)24-5)11-21(4)18(23)20-15(3)10-22-7-6-19-12-22/h6-9,12,15H,10-11H2,1-5H3,(H,20,23)/t15-/m0/s1. The van der Waals surface area contributed by atoms with E-state index in [0.29, 0.717) is 13.1 Å². The summed E-state index contributed by atoms with van der Waals surface area (Å²) in [5.41, 5.74) is 3.25. The number of amides is 2. The van der Waals surface area contributed by atoms with Crippen LogP contribution in [0.15, 0.2) is 30.9 Å². The van der Waals surface area contributed by atoms with Gasteiger partial charge in [0.05, 0.1) is 13.4 Å². The minimum Gasteiger partial charge on any atom is -0.496 e. The number of carbonyl (C=O) groups is 1. The average molecular weight is 330 g/mol. The maximum Gasteiger partial charge on any atom is 0.317 e. The number of carbonyl (C=O) groups excluding carboxylic acids is 1. The summed E-state index contributed by atoms with van der Waals surface area (Å²) in [6, 6.07) is 4.05. The third-order valence-corrected chi connectivity index (χ3v) is 3.90. The van der Waals surface area contributed by atoms with E-state index < -0.39 is 0 Å². The summed E-state index contributed by atoms with van der Waals surface area (Å²) < 4.78 is 7.33. The molecular formula is C18H26N4O2. The average Bonchev–Trinajstić information content (AvgIpc) is 2.99. The van der Waals surface area contributed by atoms with Crippen LogP contribution in [0.2, 0.25) is 0 Å². The Kier molecular flexibility index (Phi) is 5.84. The van der Waals surface area contributed by atoms with Gasteiger partial charge in [0.15, 0.2) is 0 Å². The molecule has 1 N–H and O–H groups in total. The number of methoxy groups -OCH3 is 1. The van der Waals surface area contributed by atoms with Gasteiger partial charge in [-0.3, -0.25) is 0 Å². The normalized spacial score (nSPS) is 11.9. The second kappa shape index (κ2) is 7.86. The molecule has 0 bridgehead atoms. The minimum absolute atomic E-state index is 0.0217. The number of imidazole rings is 1. The smallest absolute Gasteiger partial charge is 0.317 e. The monoisotopic (exact) mass is 330 g/mol. The zero-order valence-corrected chi connectivity index (χ0v) is 15.0. The van der Waals surface area contributed by atoms with Gasteiger partial charge < -0.3 is 19.5 Å². The molecule has 0 radical (unpaired) electrons. The highest BCUT2D eigenvalue weighted by Gasteiger charge is 2.14. The Balaban J connectivity index is 1.93. The lowest BCUT2D eigenvalue weighted by Crippen LogP contribution is -2.43. The highest BCUT2D eigenvalue weighted by molar-refractivity contribution is 5.74. The molecule has 0 spiro atoms. The van der Waals surface area contributed by atoms with Crippen LogP contribution in [0.3, 0.4) is 0 Å². The Bertz CT molecular complexity index is 659. The van der Waals surface area contributed by atoms with E-state index in [9.17, 15) is 4.79 Å². The molecule has 2 rings (SSSR count). The number of hydrogen-bond acceptors (Lipinski definition) is 3. The predicted molar refractivity (Wildman–Crippen MR) is 94.2 cm³/mol. The number of aromatic nitrogens is 2. The Hall–Kier alpha value is -2.50. The summed E-state index contributed by atoms with van der Waals surface area (Å²) in [5.74, 6) is 0.903. The quantitative estimate of drug-likeness (QED) is 0.886. The molecule has 1 aromatic carbocycles. The molecule has 0 unspecified atom stereocenters. The van der Waals surface area contributed by atoms with Crippen molar-refractivity contribution in [2.45, 2.75) is 39.9 Å². The van der Waals surface area contributed by atoms with Gasteiger partial charge >= 0.3 is 6.03 Å². The van der Waals surface area contributed by atoms with Crippen molar-refractivity contribution in [1.82, 2.24) is 19.8 Å². The van der Waals surface area contributed by atoms with E-state index in [4.69, 9.17) is 4.74 Å². The Morgan fingerprint density at radius 2 is 2.04 bits per heavy atom. The topological polar surface area (TPSA) is 59.4 Å². The highest BCUT2D eigenvalue weighted by atomic mass is 16.5. The summed E-state index contributed by atoms with van der Waals surface area (Å²) >= 11 is 0. The number of nitrogens with one attached hydrogen (secondary N) is 1. The summed E-state index contributed by atoms with van der Waals surface area (Å²) in [5, 5.41) is 3.00. The van der Waals surface area contributed by atoms with Crippen molar-refractivity contribution >= 4 is 6.03 Å². The first kappa shape index (κ1) is 17.8. The molecule has 130 valence electrons. The molecular weight excluding hydrogens is 304 g/mol. The number of rotatable bonds is 6. The Morgan fingerprint density at radius 1 is 1.38 bits per heavy atom. The van der Waals surface area contributed by atoms with Crippen LogP contribution in [0, 0.1) is 13.8 Å². The van der Waals surface area contributed by atoms with Crippen LogP contribution < -0.4 is 10.1 Å². The Labute approximate surface area is 143 Å². The first-order chi connectivity index (χ1) is 11.4. The van der Waals surface area contributed by atoms with Crippen molar-refractivity contribution in [1.29, 1.82) is 0 Å². The van der Waals surface area contributed by atoms with E-state index in [1.807, 2.05) is 31.5 Å². The molecule has 0 aliphatic carbocycles.